The van der Waals surface area contributed by atoms with E-state index in [1.54, 1.807) is 23.9 Å². The average Bonchev–Trinajstić information content (AvgIpc) is 2.26. The smallest absolute Gasteiger partial charge is 0.101 e. The van der Waals surface area contributed by atoms with Crippen molar-refractivity contribution >= 4 is 23.1 Å². The highest BCUT2D eigenvalue weighted by molar-refractivity contribution is 7.99. The van der Waals surface area contributed by atoms with Gasteiger partial charge >= 0.3 is 0 Å². The van der Waals surface area contributed by atoms with E-state index in [4.69, 9.17) is 11.0 Å². The molecule has 3 N–H and O–H groups in total. The van der Waals surface area contributed by atoms with Gasteiger partial charge in [-0.25, -0.2) is 0 Å². The number of nitrogens with one attached hydrogen (secondary N) is 1. The van der Waals surface area contributed by atoms with Gasteiger partial charge in [0.05, 0.1) is 11.3 Å². The van der Waals surface area contributed by atoms with Crippen molar-refractivity contribution < 1.29 is 0 Å². The lowest BCUT2D eigenvalue weighted by atomic mass is 10.1. The number of hydrogen-bond acceptors (Lipinski definition) is 4. The number of benzene rings is 1. The van der Waals surface area contributed by atoms with Crippen LogP contribution in [0.5, 0.6) is 0 Å². The van der Waals surface area contributed by atoms with Crippen molar-refractivity contribution in [1.82, 2.24) is 0 Å². The Morgan fingerprint density at radius 3 is 2.93 bits per heavy atom. The lowest BCUT2D eigenvalue weighted by Crippen LogP contribution is -2.13. The Labute approximate surface area is 94.7 Å². The van der Waals surface area contributed by atoms with E-state index in [-0.39, 0.29) is 0 Å². The van der Waals surface area contributed by atoms with Gasteiger partial charge in [0, 0.05) is 17.5 Å². The molecule has 3 nitrogen and oxygen atoms in total. The number of nitrogens with zero attached hydrogens (tertiary/aromatic N) is 1. The summed E-state index contributed by atoms with van der Waals surface area (Å²) in [6, 6.07) is 7.46. The standard InChI is InChI=1S/C11H15N3S/c1-8(15-2)7-14-11-4-3-10(13)5-9(11)6-12/h3-5,8,14H,7,13H2,1-2H3. The molecule has 0 aliphatic heterocycles. The minimum Gasteiger partial charge on any atom is -0.399 e. The number of nitrogen functional groups attached to an aromatic ring is 1. The van der Waals surface area contributed by atoms with Crippen molar-refractivity contribution in [2.24, 2.45) is 0 Å². The van der Waals surface area contributed by atoms with Crippen LogP contribution in [0.1, 0.15) is 12.5 Å². The predicted octanol–water partition coefficient (Wildman–Crippen LogP) is 2.30. The molecule has 1 unspecified atom stereocenters. The lowest BCUT2D eigenvalue weighted by Gasteiger charge is -2.12. The van der Waals surface area contributed by atoms with Crippen LogP contribution in [0.4, 0.5) is 11.4 Å². The normalized spacial score (nSPS) is 11.8. The molecule has 1 aromatic rings. The molecule has 0 aliphatic rings. The third kappa shape index (κ3) is 3.37. The van der Waals surface area contributed by atoms with Gasteiger partial charge in [-0.1, -0.05) is 6.92 Å². The molecule has 1 aromatic carbocycles. The zero-order valence-corrected chi connectivity index (χ0v) is 9.77. The summed E-state index contributed by atoms with van der Waals surface area (Å²) >= 11 is 1.79. The van der Waals surface area contributed by atoms with E-state index in [9.17, 15) is 0 Å². The van der Waals surface area contributed by atoms with Gasteiger partial charge in [0.15, 0.2) is 0 Å². The van der Waals surface area contributed by atoms with Crippen LogP contribution in [-0.2, 0) is 0 Å². The molecule has 0 radical (unpaired) electrons. The summed E-state index contributed by atoms with van der Waals surface area (Å²) in [4.78, 5) is 0. The van der Waals surface area contributed by atoms with Gasteiger partial charge in [-0.05, 0) is 24.5 Å². The van der Waals surface area contributed by atoms with E-state index in [0.717, 1.165) is 12.2 Å². The molecule has 0 amide bonds. The van der Waals surface area contributed by atoms with Crippen LogP contribution < -0.4 is 11.1 Å². The first-order valence-electron chi connectivity index (χ1n) is 4.73. The molecule has 0 fully saturated rings. The van der Waals surface area contributed by atoms with Gasteiger partial charge in [0.1, 0.15) is 6.07 Å². The van der Waals surface area contributed by atoms with E-state index in [1.165, 1.54) is 0 Å². The van der Waals surface area contributed by atoms with Gasteiger partial charge in [-0.15, -0.1) is 0 Å². The van der Waals surface area contributed by atoms with Crippen molar-refractivity contribution in [3.63, 3.8) is 0 Å². The van der Waals surface area contributed by atoms with Crippen molar-refractivity contribution in [3.05, 3.63) is 23.8 Å². The SMILES string of the molecule is CSC(C)CNc1ccc(N)cc1C#N. The largest absolute Gasteiger partial charge is 0.399 e. The summed E-state index contributed by atoms with van der Waals surface area (Å²) in [5.41, 5.74) is 7.68. The molecular weight excluding hydrogens is 206 g/mol. The maximum Gasteiger partial charge on any atom is 0.101 e. The van der Waals surface area contributed by atoms with Crippen LogP contribution in [0.3, 0.4) is 0 Å². The molecule has 15 heavy (non-hydrogen) atoms. The third-order valence-electron chi connectivity index (χ3n) is 2.15. The summed E-state index contributed by atoms with van der Waals surface area (Å²) in [7, 11) is 0. The van der Waals surface area contributed by atoms with E-state index in [0.29, 0.717) is 16.5 Å². The quantitative estimate of drug-likeness (QED) is 0.766. The van der Waals surface area contributed by atoms with Crippen molar-refractivity contribution in [2.45, 2.75) is 12.2 Å². The fourth-order valence-electron chi connectivity index (χ4n) is 1.15. The van der Waals surface area contributed by atoms with Crippen molar-refractivity contribution in [1.29, 1.82) is 5.26 Å². The molecule has 0 spiro atoms. The van der Waals surface area contributed by atoms with Crippen LogP contribution >= 0.6 is 11.8 Å². The first-order chi connectivity index (χ1) is 7.17. The summed E-state index contributed by atoms with van der Waals surface area (Å²) in [5, 5.41) is 12.7. The van der Waals surface area contributed by atoms with Crippen LogP contribution in [0.25, 0.3) is 0 Å². The Bertz CT molecular complexity index is 371. The van der Waals surface area contributed by atoms with Gasteiger partial charge in [-0.2, -0.15) is 17.0 Å². The Morgan fingerprint density at radius 2 is 2.33 bits per heavy atom. The summed E-state index contributed by atoms with van der Waals surface area (Å²) in [6.45, 7) is 2.99. The molecule has 1 rings (SSSR count). The Balaban J connectivity index is 2.73. The van der Waals surface area contributed by atoms with Crippen LogP contribution in [0, 0.1) is 11.3 Å². The van der Waals surface area contributed by atoms with Crippen LogP contribution in [0.15, 0.2) is 18.2 Å². The molecule has 0 aliphatic carbocycles. The zero-order chi connectivity index (χ0) is 11.3. The Hall–Kier alpha value is -1.34. The average molecular weight is 221 g/mol. The first-order valence-corrected chi connectivity index (χ1v) is 6.02. The van der Waals surface area contributed by atoms with Gasteiger partial charge in [0.25, 0.3) is 0 Å². The number of anilines is 2. The lowest BCUT2D eigenvalue weighted by molar-refractivity contribution is 1.00. The van der Waals surface area contributed by atoms with Gasteiger partial charge in [0.2, 0.25) is 0 Å². The molecule has 0 aromatic heterocycles. The fraction of sp³-hybridized carbons (Fsp3) is 0.364. The van der Waals surface area contributed by atoms with Crippen molar-refractivity contribution in [3.8, 4) is 6.07 Å². The van der Waals surface area contributed by atoms with E-state index in [2.05, 4.69) is 24.6 Å². The molecule has 0 saturated heterocycles. The van der Waals surface area contributed by atoms with E-state index < -0.39 is 0 Å². The monoisotopic (exact) mass is 221 g/mol. The summed E-state index contributed by atoms with van der Waals surface area (Å²) in [5.74, 6) is 0. The molecule has 1 atom stereocenters. The second kappa shape index (κ2) is 5.52. The third-order valence-corrected chi connectivity index (χ3v) is 3.12. The van der Waals surface area contributed by atoms with Crippen LogP contribution in [0.2, 0.25) is 0 Å². The molecule has 80 valence electrons. The number of nitriles is 1. The van der Waals surface area contributed by atoms with E-state index in [1.807, 2.05) is 6.07 Å². The first kappa shape index (κ1) is 11.7. The molecule has 0 bridgehead atoms. The van der Waals surface area contributed by atoms with Gasteiger partial charge < -0.3 is 11.1 Å². The number of rotatable bonds is 4. The number of hydrogen-bond donors (Lipinski definition) is 2. The molecule has 4 heteroatoms. The minimum absolute atomic E-state index is 0.522. The Morgan fingerprint density at radius 1 is 1.60 bits per heavy atom. The predicted molar refractivity (Wildman–Crippen MR) is 67.0 cm³/mol. The van der Waals surface area contributed by atoms with Gasteiger partial charge in [-0.3, -0.25) is 0 Å². The Kier molecular flexibility index (Phi) is 4.32. The highest BCUT2D eigenvalue weighted by atomic mass is 32.2. The second-order valence-electron chi connectivity index (χ2n) is 3.34. The zero-order valence-electron chi connectivity index (χ0n) is 8.95. The number of nitrogens with two attached hydrogens (primary N) is 1. The molecular formula is C11H15N3S. The maximum atomic E-state index is 8.91. The summed E-state index contributed by atoms with van der Waals surface area (Å²) in [6.07, 6.45) is 2.07. The minimum atomic E-state index is 0.522. The maximum absolute atomic E-state index is 8.91. The van der Waals surface area contributed by atoms with Crippen molar-refractivity contribution in [2.75, 3.05) is 23.9 Å². The highest BCUT2D eigenvalue weighted by Gasteiger charge is 2.04. The molecule has 0 heterocycles. The highest BCUT2D eigenvalue weighted by Crippen LogP contribution is 2.18. The number of thioether (sulfide) groups is 1. The molecule has 0 saturated carbocycles. The van der Waals surface area contributed by atoms with Crippen LogP contribution in [-0.4, -0.2) is 18.1 Å². The second-order valence-corrected chi connectivity index (χ2v) is 4.62. The fourth-order valence-corrected chi connectivity index (χ4v) is 1.40. The van der Waals surface area contributed by atoms with E-state index >= 15 is 0 Å². The topological polar surface area (TPSA) is 61.8 Å². The summed E-state index contributed by atoms with van der Waals surface area (Å²) < 4.78 is 0.